The van der Waals surface area contributed by atoms with Crippen molar-refractivity contribution in [3.05, 3.63) is 0 Å². The van der Waals surface area contributed by atoms with Crippen molar-refractivity contribution in [1.82, 2.24) is 10.6 Å². The van der Waals surface area contributed by atoms with Crippen molar-refractivity contribution >= 4 is 12.0 Å². The van der Waals surface area contributed by atoms with Crippen molar-refractivity contribution in [1.29, 1.82) is 0 Å². The van der Waals surface area contributed by atoms with Gasteiger partial charge in [-0.15, -0.1) is 0 Å². The molecule has 1 unspecified atom stereocenters. The van der Waals surface area contributed by atoms with E-state index in [1.54, 1.807) is 6.92 Å². The predicted molar refractivity (Wildman–Crippen MR) is 52.9 cm³/mol. The molecule has 82 valence electrons. The summed E-state index contributed by atoms with van der Waals surface area (Å²) in [5, 5.41) is 5.06. The van der Waals surface area contributed by atoms with E-state index >= 15 is 0 Å². The summed E-state index contributed by atoms with van der Waals surface area (Å²) in [4.78, 5) is 21.9. The number of nitrogens with one attached hydrogen (secondary N) is 2. The summed E-state index contributed by atoms with van der Waals surface area (Å²) >= 11 is 0. The minimum Gasteiger partial charge on any atom is -0.450 e. The highest BCUT2D eigenvalue weighted by atomic mass is 16.5. The van der Waals surface area contributed by atoms with Gasteiger partial charge in [-0.2, -0.15) is 0 Å². The highest BCUT2D eigenvalue weighted by Gasteiger charge is 2.07. The van der Waals surface area contributed by atoms with E-state index in [2.05, 4.69) is 15.4 Å². The van der Waals surface area contributed by atoms with E-state index in [0.29, 0.717) is 6.61 Å². The fraction of sp³-hybridized carbons (Fsp3) is 0.778. The third-order valence-electron chi connectivity index (χ3n) is 1.69. The van der Waals surface area contributed by atoms with E-state index in [9.17, 15) is 9.59 Å². The number of carbonyl (C=O) groups excluding carboxylic acids is 2. The van der Waals surface area contributed by atoms with Crippen LogP contribution in [0.5, 0.6) is 0 Å². The molecule has 14 heavy (non-hydrogen) atoms. The molecule has 5 heteroatoms. The smallest absolute Gasteiger partial charge is 0.407 e. The van der Waals surface area contributed by atoms with E-state index in [1.165, 1.54) is 0 Å². The molecule has 0 aromatic heterocycles. The number of hydrogen-bond acceptors (Lipinski definition) is 3. The van der Waals surface area contributed by atoms with Crippen molar-refractivity contribution in [2.45, 2.75) is 33.2 Å². The van der Waals surface area contributed by atoms with Gasteiger partial charge in [-0.05, 0) is 20.3 Å². The van der Waals surface area contributed by atoms with Crippen LogP contribution in [-0.4, -0.2) is 31.2 Å². The molecule has 2 N–H and O–H groups in total. The average Bonchev–Trinajstić information content (AvgIpc) is 2.15. The molecule has 0 aliphatic carbocycles. The van der Waals surface area contributed by atoms with E-state index in [0.717, 1.165) is 6.42 Å². The standard InChI is InChI=1S/C9H18N2O3/c1-4-7(3)11-8(12)6-10-9(13)14-5-2/h7H,4-6H2,1-3H3,(H,10,13)(H,11,12). The molecular weight excluding hydrogens is 184 g/mol. The first-order chi connectivity index (χ1) is 6.60. The molecule has 0 saturated heterocycles. The lowest BCUT2D eigenvalue weighted by Crippen LogP contribution is -2.40. The fourth-order valence-corrected chi connectivity index (χ4v) is 0.762. The number of amides is 2. The van der Waals surface area contributed by atoms with Crippen LogP contribution in [-0.2, 0) is 9.53 Å². The SMILES string of the molecule is CCOC(=O)NCC(=O)NC(C)CC. The van der Waals surface area contributed by atoms with Crippen molar-refractivity contribution in [2.24, 2.45) is 0 Å². The molecular formula is C9H18N2O3. The molecule has 0 aromatic rings. The number of alkyl carbamates (subject to hydrolysis) is 1. The Bertz CT molecular complexity index is 194. The first kappa shape index (κ1) is 12.7. The molecule has 5 nitrogen and oxygen atoms in total. The summed E-state index contributed by atoms with van der Waals surface area (Å²) in [5.41, 5.74) is 0. The van der Waals surface area contributed by atoms with Crippen LogP contribution in [0, 0.1) is 0 Å². The van der Waals surface area contributed by atoms with Crippen LogP contribution in [0.15, 0.2) is 0 Å². The van der Waals surface area contributed by atoms with Gasteiger partial charge >= 0.3 is 6.09 Å². The van der Waals surface area contributed by atoms with Gasteiger partial charge in [0.05, 0.1) is 6.61 Å². The van der Waals surface area contributed by atoms with Gasteiger partial charge in [-0.3, -0.25) is 4.79 Å². The molecule has 0 radical (unpaired) electrons. The molecule has 2 amide bonds. The molecule has 1 atom stereocenters. The zero-order chi connectivity index (χ0) is 11.0. The summed E-state index contributed by atoms with van der Waals surface area (Å²) in [6.45, 7) is 5.85. The van der Waals surface area contributed by atoms with E-state index in [-0.39, 0.29) is 18.5 Å². The fourth-order valence-electron chi connectivity index (χ4n) is 0.762. The van der Waals surface area contributed by atoms with E-state index in [4.69, 9.17) is 0 Å². The van der Waals surface area contributed by atoms with Gasteiger partial charge in [0.1, 0.15) is 6.54 Å². The second-order valence-corrected chi connectivity index (χ2v) is 2.95. The van der Waals surface area contributed by atoms with Crippen molar-refractivity contribution in [2.75, 3.05) is 13.2 Å². The lowest BCUT2D eigenvalue weighted by molar-refractivity contribution is -0.120. The average molecular weight is 202 g/mol. The van der Waals surface area contributed by atoms with Gasteiger partial charge in [-0.1, -0.05) is 6.92 Å². The topological polar surface area (TPSA) is 67.4 Å². The zero-order valence-electron chi connectivity index (χ0n) is 8.92. The lowest BCUT2D eigenvalue weighted by atomic mass is 10.2. The quantitative estimate of drug-likeness (QED) is 0.687. The minimum absolute atomic E-state index is 0.0385. The van der Waals surface area contributed by atoms with E-state index in [1.807, 2.05) is 13.8 Å². The molecule has 0 aliphatic rings. The van der Waals surface area contributed by atoms with Gasteiger partial charge in [0.25, 0.3) is 0 Å². The number of rotatable bonds is 5. The molecule has 0 rings (SSSR count). The van der Waals surface area contributed by atoms with Crippen LogP contribution >= 0.6 is 0 Å². The highest BCUT2D eigenvalue weighted by molar-refractivity contribution is 5.82. The van der Waals surface area contributed by atoms with Crippen LogP contribution in [0.3, 0.4) is 0 Å². The Balaban J connectivity index is 3.58. The van der Waals surface area contributed by atoms with Crippen molar-refractivity contribution in [3.8, 4) is 0 Å². The highest BCUT2D eigenvalue weighted by Crippen LogP contribution is 1.86. The molecule has 0 aliphatic heterocycles. The Morgan fingerprint density at radius 1 is 1.36 bits per heavy atom. The number of hydrogen-bond donors (Lipinski definition) is 2. The summed E-state index contributed by atoms with van der Waals surface area (Å²) in [5.74, 6) is -0.201. The number of ether oxygens (including phenoxy) is 1. The molecule has 0 aromatic carbocycles. The van der Waals surface area contributed by atoms with Crippen LogP contribution in [0.1, 0.15) is 27.2 Å². The molecule has 0 bridgehead atoms. The molecule has 0 spiro atoms. The largest absolute Gasteiger partial charge is 0.450 e. The summed E-state index contributed by atoms with van der Waals surface area (Å²) < 4.78 is 4.59. The summed E-state index contributed by atoms with van der Waals surface area (Å²) in [6.07, 6.45) is 0.303. The monoisotopic (exact) mass is 202 g/mol. The molecule has 0 saturated carbocycles. The van der Waals surface area contributed by atoms with Gasteiger partial charge < -0.3 is 15.4 Å². The maximum absolute atomic E-state index is 11.1. The van der Waals surface area contributed by atoms with Crippen LogP contribution in [0.2, 0.25) is 0 Å². The third kappa shape index (κ3) is 6.28. The maximum Gasteiger partial charge on any atom is 0.407 e. The third-order valence-corrected chi connectivity index (χ3v) is 1.69. The zero-order valence-corrected chi connectivity index (χ0v) is 8.92. The lowest BCUT2D eigenvalue weighted by Gasteiger charge is -2.11. The van der Waals surface area contributed by atoms with Gasteiger partial charge in [0.15, 0.2) is 0 Å². The van der Waals surface area contributed by atoms with Crippen LogP contribution in [0.4, 0.5) is 4.79 Å². The molecule has 0 heterocycles. The van der Waals surface area contributed by atoms with Gasteiger partial charge in [-0.25, -0.2) is 4.79 Å². The first-order valence-electron chi connectivity index (χ1n) is 4.80. The minimum atomic E-state index is -0.563. The van der Waals surface area contributed by atoms with E-state index < -0.39 is 6.09 Å². The van der Waals surface area contributed by atoms with Gasteiger partial charge in [0, 0.05) is 6.04 Å². The predicted octanol–water partition coefficient (Wildman–Crippen LogP) is 0.647. The Hall–Kier alpha value is -1.26. The Kier molecular flexibility index (Phi) is 6.53. The van der Waals surface area contributed by atoms with Gasteiger partial charge in [0.2, 0.25) is 5.91 Å². The Morgan fingerprint density at radius 3 is 2.50 bits per heavy atom. The first-order valence-corrected chi connectivity index (χ1v) is 4.80. The number of carbonyl (C=O) groups is 2. The second-order valence-electron chi connectivity index (χ2n) is 2.95. The maximum atomic E-state index is 11.1. The Labute approximate surface area is 84.2 Å². The summed E-state index contributed by atoms with van der Waals surface area (Å²) in [7, 11) is 0. The van der Waals surface area contributed by atoms with Crippen LogP contribution < -0.4 is 10.6 Å². The van der Waals surface area contributed by atoms with Crippen molar-refractivity contribution in [3.63, 3.8) is 0 Å². The van der Waals surface area contributed by atoms with Crippen molar-refractivity contribution < 1.29 is 14.3 Å². The Morgan fingerprint density at radius 2 is 2.00 bits per heavy atom. The normalized spacial score (nSPS) is 11.6. The summed E-state index contributed by atoms with van der Waals surface area (Å²) in [6, 6.07) is 0.131. The second kappa shape index (κ2) is 7.17. The molecule has 0 fully saturated rings. The van der Waals surface area contributed by atoms with Crippen LogP contribution in [0.25, 0.3) is 0 Å².